The Hall–Kier alpha value is -3.03. The van der Waals surface area contributed by atoms with E-state index in [1.165, 1.54) is 12.8 Å². The van der Waals surface area contributed by atoms with Crippen LogP contribution in [0.5, 0.6) is 0 Å². The van der Waals surface area contributed by atoms with Gasteiger partial charge in [-0.2, -0.15) is 0 Å². The van der Waals surface area contributed by atoms with Gasteiger partial charge in [0.1, 0.15) is 11.3 Å². The highest BCUT2D eigenvalue weighted by molar-refractivity contribution is 6.04. The lowest BCUT2D eigenvalue weighted by Gasteiger charge is -2.17. The second kappa shape index (κ2) is 6.54. The molecular formula is C20H23N7O. The van der Waals surface area contributed by atoms with Gasteiger partial charge < -0.3 is 14.8 Å². The van der Waals surface area contributed by atoms with Crippen molar-refractivity contribution in [3.63, 3.8) is 0 Å². The minimum atomic E-state index is -0.106. The lowest BCUT2D eigenvalue weighted by Crippen LogP contribution is -2.37. The number of aryl methyl sites for hydroxylation is 2. The summed E-state index contributed by atoms with van der Waals surface area (Å²) in [4.78, 5) is 33.1. The van der Waals surface area contributed by atoms with E-state index in [9.17, 15) is 4.79 Å². The number of hydrogen-bond acceptors (Lipinski definition) is 6. The summed E-state index contributed by atoms with van der Waals surface area (Å²) in [5.74, 6) is 2.11. The summed E-state index contributed by atoms with van der Waals surface area (Å²) < 4.78 is 1.90. The molecule has 1 aliphatic carbocycles. The maximum atomic E-state index is 12.9. The second-order valence-electron chi connectivity index (χ2n) is 7.71. The molecule has 1 amide bonds. The standard InChI is InChI=1S/C20H23N7O/c1-12-23-17-15(5-8-21-18(17)26(12)2)19(28)24-14-7-10-27(11-14)20-22-9-6-16(25-20)13-3-4-13/h5-6,8-9,13-14H,3-4,7,10-11H2,1-2H3,(H,24,28). The molecule has 144 valence electrons. The second-order valence-corrected chi connectivity index (χ2v) is 7.71. The predicted octanol–water partition coefficient (Wildman–Crippen LogP) is 1.95. The van der Waals surface area contributed by atoms with Crippen LogP contribution >= 0.6 is 0 Å². The molecule has 5 rings (SSSR count). The van der Waals surface area contributed by atoms with Crippen LogP contribution in [-0.4, -0.2) is 49.5 Å². The summed E-state index contributed by atoms with van der Waals surface area (Å²) >= 11 is 0. The van der Waals surface area contributed by atoms with Crippen LogP contribution in [0, 0.1) is 6.92 Å². The van der Waals surface area contributed by atoms with Crippen molar-refractivity contribution in [2.45, 2.75) is 38.1 Å². The van der Waals surface area contributed by atoms with Crippen molar-refractivity contribution < 1.29 is 4.79 Å². The first kappa shape index (κ1) is 17.1. The van der Waals surface area contributed by atoms with Crippen molar-refractivity contribution >= 4 is 23.0 Å². The maximum Gasteiger partial charge on any atom is 0.253 e. The van der Waals surface area contributed by atoms with E-state index in [1.807, 2.05) is 30.8 Å². The molecule has 3 aromatic heterocycles. The van der Waals surface area contributed by atoms with Crippen LogP contribution < -0.4 is 10.2 Å². The number of nitrogens with zero attached hydrogens (tertiary/aromatic N) is 6. The van der Waals surface area contributed by atoms with E-state index < -0.39 is 0 Å². The number of pyridine rings is 1. The van der Waals surface area contributed by atoms with Crippen LogP contribution in [0.3, 0.4) is 0 Å². The summed E-state index contributed by atoms with van der Waals surface area (Å²) in [5, 5.41) is 3.15. The summed E-state index contributed by atoms with van der Waals surface area (Å²) in [5.41, 5.74) is 3.08. The first-order valence-corrected chi connectivity index (χ1v) is 9.77. The molecule has 2 aliphatic rings. The molecule has 1 aliphatic heterocycles. The Morgan fingerprint density at radius 2 is 1.96 bits per heavy atom. The molecule has 8 heteroatoms. The summed E-state index contributed by atoms with van der Waals surface area (Å²) in [6.45, 7) is 3.47. The van der Waals surface area contributed by atoms with Gasteiger partial charge in [-0.05, 0) is 38.3 Å². The predicted molar refractivity (Wildman–Crippen MR) is 105 cm³/mol. The minimum Gasteiger partial charge on any atom is -0.347 e. The zero-order valence-electron chi connectivity index (χ0n) is 16.1. The Morgan fingerprint density at radius 1 is 1.14 bits per heavy atom. The van der Waals surface area contributed by atoms with Gasteiger partial charge in [-0.1, -0.05) is 0 Å². The van der Waals surface area contributed by atoms with Gasteiger partial charge in [0.15, 0.2) is 5.65 Å². The van der Waals surface area contributed by atoms with Gasteiger partial charge in [0, 0.05) is 50.2 Å². The van der Waals surface area contributed by atoms with Crippen LogP contribution in [0.2, 0.25) is 0 Å². The molecule has 1 N–H and O–H groups in total. The van der Waals surface area contributed by atoms with Gasteiger partial charge in [-0.15, -0.1) is 0 Å². The van der Waals surface area contributed by atoms with E-state index in [0.717, 1.165) is 42.6 Å². The molecule has 2 fully saturated rings. The lowest BCUT2D eigenvalue weighted by molar-refractivity contribution is 0.0942. The first-order chi connectivity index (χ1) is 13.6. The highest BCUT2D eigenvalue weighted by Crippen LogP contribution is 2.39. The van der Waals surface area contributed by atoms with Crippen molar-refractivity contribution in [1.29, 1.82) is 0 Å². The Bertz CT molecular complexity index is 1060. The van der Waals surface area contributed by atoms with Crippen molar-refractivity contribution in [2.75, 3.05) is 18.0 Å². The topological polar surface area (TPSA) is 88.8 Å². The van der Waals surface area contributed by atoms with E-state index in [4.69, 9.17) is 4.98 Å². The molecule has 8 nitrogen and oxygen atoms in total. The van der Waals surface area contributed by atoms with E-state index in [2.05, 4.69) is 25.2 Å². The molecule has 28 heavy (non-hydrogen) atoms. The number of fused-ring (bicyclic) bond motifs is 1. The van der Waals surface area contributed by atoms with E-state index >= 15 is 0 Å². The molecule has 4 heterocycles. The summed E-state index contributed by atoms with van der Waals surface area (Å²) in [7, 11) is 1.91. The molecule has 1 saturated carbocycles. The highest BCUT2D eigenvalue weighted by atomic mass is 16.1. The van der Waals surface area contributed by atoms with Gasteiger partial charge in [-0.3, -0.25) is 4.79 Å². The quantitative estimate of drug-likeness (QED) is 0.748. The Balaban J connectivity index is 1.30. The van der Waals surface area contributed by atoms with Crippen LogP contribution in [0.15, 0.2) is 24.5 Å². The van der Waals surface area contributed by atoms with Crippen LogP contribution in [0.1, 0.15) is 47.1 Å². The minimum absolute atomic E-state index is 0.0636. The van der Waals surface area contributed by atoms with Gasteiger partial charge in [-0.25, -0.2) is 19.9 Å². The van der Waals surface area contributed by atoms with Crippen LogP contribution in [0.4, 0.5) is 5.95 Å². The molecule has 0 radical (unpaired) electrons. The zero-order chi connectivity index (χ0) is 19.3. The fourth-order valence-corrected chi connectivity index (χ4v) is 3.82. The number of carbonyl (C=O) groups is 1. The number of carbonyl (C=O) groups excluding carboxylic acids is 1. The third-order valence-corrected chi connectivity index (χ3v) is 5.69. The van der Waals surface area contributed by atoms with Gasteiger partial charge in [0.25, 0.3) is 5.91 Å². The van der Waals surface area contributed by atoms with Crippen molar-refractivity contribution in [3.05, 3.63) is 41.6 Å². The van der Waals surface area contributed by atoms with Crippen molar-refractivity contribution in [3.8, 4) is 0 Å². The number of anilines is 1. The molecular weight excluding hydrogens is 354 g/mol. The van der Waals surface area contributed by atoms with Crippen molar-refractivity contribution in [1.82, 2.24) is 29.8 Å². The monoisotopic (exact) mass is 377 g/mol. The smallest absolute Gasteiger partial charge is 0.253 e. The van der Waals surface area contributed by atoms with E-state index in [1.54, 1.807) is 12.3 Å². The Kier molecular flexibility index (Phi) is 3.99. The Labute approximate surface area is 163 Å². The van der Waals surface area contributed by atoms with Crippen LogP contribution in [-0.2, 0) is 7.05 Å². The number of rotatable bonds is 4. The number of amides is 1. The highest BCUT2D eigenvalue weighted by Gasteiger charge is 2.29. The fraction of sp³-hybridized carbons (Fsp3) is 0.450. The normalized spacial score (nSPS) is 19.4. The number of aromatic nitrogens is 5. The first-order valence-electron chi connectivity index (χ1n) is 9.77. The number of imidazole rings is 1. The molecule has 1 unspecified atom stereocenters. The Morgan fingerprint density at radius 3 is 2.79 bits per heavy atom. The lowest BCUT2D eigenvalue weighted by atomic mass is 10.2. The van der Waals surface area contributed by atoms with E-state index in [-0.39, 0.29) is 11.9 Å². The molecule has 0 spiro atoms. The SMILES string of the molecule is Cc1nc2c(C(=O)NC3CCN(c4nccc(C5CC5)n4)C3)ccnc2n1C. The van der Waals surface area contributed by atoms with Crippen LogP contribution in [0.25, 0.3) is 11.2 Å². The van der Waals surface area contributed by atoms with E-state index in [0.29, 0.717) is 17.0 Å². The maximum absolute atomic E-state index is 12.9. The average molecular weight is 377 g/mol. The van der Waals surface area contributed by atoms with Gasteiger partial charge >= 0.3 is 0 Å². The third kappa shape index (κ3) is 2.98. The van der Waals surface area contributed by atoms with Crippen molar-refractivity contribution in [2.24, 2.45) is 7.05 Å². The molecule has 0 bridgehead atoms. The third-order valence-electron chi connectivity index (χ3n) is 5.69. The fourth-order valence-electron chi connectivity index (χ4n) is 3.82. The molecule has 1 atom stereocenters. The molecule has 3 aromatic rings. The largest absolute Gasteiger partial charge is 0.347 e. The number of hydrogen-bond donors (Lipinski definition) is 1. The zero-order valence-corrected chi connectivity index (χ0v) is 16.1. The van der Waals surface area contributed by atoms with Gasteiger partial charge in [0.05, 0.1) is 5.56 Å². The molecule has 1 saturated heterocycles. The summed E-state index contributed by atoms with van der Waals surface area (Å²) in [6, 6.07) is 3.81. The van der Waals surface area contributed by atoms with Gasteiger partial charge in [0.2, 0.25) is 5.95 Å². The number of nitrogens with one attached hydrogen (secondary N) is 1. The summed E-state index contributed by atoms with van der Waals surface area (Å²) in [6.07, 6.45) is 6.83. The molecule has 0 aromatic carbocycles. The average Bonchev–Trinajstić information content (AvgIpc) is 3.39.